The number of hydrogen-bond acceptors (Lipinski definition) is 3. The Bertz CT molecular complexity index is 493. The van der Waals surface area contributed by atoms with Crippen LogP contribution in [0.4, 0.5) is 0 Å². The zero-order valence-electron chi connectivity index (χ0n) is 15.0. The fourth-order valence-electron chi connectivity index (χ4n) is 3.55. The van der Waals surface area contributed by atoms with Crippen LogP contribution in [0.25, 0.3) is 0 Å². The van der Waals surface area contributed by atoms with Crippen LogP contribution in [0.1, 0.15) is 47.0 Å². The molecule has 0 bridgehead atoms. The van der Waals surface area contributed by atoms with Gasteiger partial charge in [0.1, 0.15) is 0 Å². The molecule has 1 fully saturated rings. The molecule has 1 saturated heterocycles. The minimum Gasteiger partial charge on any atom is -0.369 e. The second-order valence-electron chi connectivity index (χ2n) is 7.93. The van der Waals surface area contributed by atoms with Gasteiger partial charge in [-0.15, -0.1) is 0 Å². The second-order valence-corrected chi connectivity index (χ2v) is 7.93. The van der Waals surface area contributed by atoms with Crippen molar-refractivity contribution in [2.24, 2.45) is 17.1 Å². The van der Waals surface area contributed by atoms with E-state index in [4.69, 9.17) is 5.73 Å². The van der Waals surface area contributed by atoms with Crippen LogP contribution >= 0.6 is 0 Å². The van der Waals surface area contributed by atoms with Crippen LogP contribution in [0.3, 0.4) is 0 Å². The third-order valence-corrected chi connectivity index (χ3v) is 5.24. The van der Waals surface area contributed by atoms with E-state index in [9.17, 15) is 9.59 Å². The highest BCUT2D eigenvalue weighted by molar-refractivity contribution is 5.83. The van der Waals surface area contributed by atoms with Crippen molar-refractivity contribution in [1.29, 1.82) is 0 Å². The van der Waals surface area contributed by atoms with E-state index in [1.165, 1.54) is 5.57 Å². The third kappa shape index (κ3) is 4.34. The molecular formula is C18H31N3O2. The molecule has 2 aliphatic rings. The number of hydrogen-bond donors (Lipinski definition) is 1. The van der Waals surface area contributed by atoms with E-state index in [0.717, 1.165) is 38.9 Å². The molecule has 0 radical (unpaired) electrons. The summed E-state index contributed by atoms with van der Waals surface area (Å²) in [5, 5.41) is 0. The Morgan fingerprint density at radius 2 is 2.00 bits per heavy atom. The first-order valence-electron chi connectivity index (χ1n) is 8.72. The van der Waals surface area contributed by atoms with Gasteiger partial charge >= 0.3 is 0 Å². The highest BCUT2D eigenvalue weighted by atomic mass is 16.2. The molecule has 0 aromatic carbocycles. The maximum Gasteiger partial charge on any atom is 0.239 e. The van der Waals surface area contributed by atoms with Crippen molar-refractivity contribution >= 4 is 11.8 Å². The molecule has 0 spiro atoms. The molecule has 5 nitrogen and oxygen atoms in total. The first kappa shape index (κ1) is 18.0. The molecule has 2 atom stereocenters. The van der Waals surface area contributed by atoms with Gasteiger partial charge in [0.25, 0.3) is 0 Å². The molecule has 2 rings (SSSR count). The summed E-state index contributed by atoms with van der Waals surface area (Å²) in [7, 11) is 0. The number of nitrogens with two attached hydrogens (primary N) is 1. The van der Waals surface area contributed by atoms with Crippen molar-refractivity contribution in [3.8, 4) is 0 Å². The van der Waals surface area contributed by atoms with Crippen molar-refractivity contribution in [3.05, 3.63) is 11.6 Å². The van der Waals surface area contributed by atoms with E-state index in [0.29, 0.717) is 6.54 Å². The first-order valence-corrected chi connectivity index (χ1v) is 8.72. The average Bonchev–Trinajstić information content (AvgIpc) is 2.53. The molecule has 5 heteroatoms. The number of amides is 2. The van der Waals surface area contributed by atoms with Gasteiger partial charge in [0.05, 0.1) is 12.0 Å². The number of carbonyl (C=O) groups is 2. The van der Waals surface area contributed by atoms with Gasteiger partial charge in [-0.05, 0) is 31.6 Å². The number of rotatable bonds is 3. The summed E-state index contributed by atoms with van der Waals surface area (Å²) in [6, 6.07) is -0.139. The monoisotopic (exact) mass is 321 g/mol. The van der Waals surface area contributed by atoms with Gasteiger partial charge < -0.3 is 10.6 Å². The fraction of sp³-hybridized carbons (Fsp3) is 0.778. The topological polar surface area (TPSA) is 66.6 Å². The molecule has 23 heavy (non-hydrogen) atoms. The highest BCUT2D eigenvalue weighted by Gasteiger charge is 2.32. The summed E-state index contributed by atoms with van der Waals surface area (Å²) >= 11 is 0. The Morgan fingerprint density at radius 3 is 2.52 bits per heavy atom. The maximum atomic E-state index is 12.8. The van der Waals surface area contributed by atoms with E-state index in [-0.39, 0.29) is 29.2 Å². The van der Waals surface area contributed by atoms with E-state index >= 15 is 0 Å². The summed E-state index contributed by atoms with van der Waals surface area (Å²) in [5.41, 5.74) is 7.09. The first-order chi connectivity index (χ1) is 10.7. The third-order valence-electron chi connectivity index (χ3n) is 5.24. The van der Waals surface area contributed by atoms with Crippen molar-refractivity contribution in [2.45, 2.75) is 53.0 Å². The van der Waals surface area contributed by atoms with Crippen molar-refractivity contribution in [1.82, 2.24) is 9.80 Å². The van der Waals surface area contributed by atoms with E-state index < -0.39 is 0 Å². The van der Waals surface area contributed by atoms with Gasteiger partial charge in [0.15, 0.2) is 0 Å². The normalized spacial score (nSPS) is 25.0. The Labute approximate surface area is 139 Å². The van der Waals surface area contributed by atoms with E-state index in [2.05, 4.69) is 31.7 Å². The van der Waals surface area contributed by atoms with Crippen LogP contribution in [-0.4, -0.2) is 53.8 Å². The van der Waals surface area contributed by atoms with Crippen molar-refractivity contribution in [3.63, 3.8) is 0 Å². The molecule has 2 aliphatic heterocycles. The smallest absolute Gasteiger partial charge is 0.239 e. The predicted molar refractivity (Wildman–Crippen MR) is 91.7 cm³/mol. The minimum absolute atomic E-state index is 0.128. The Kier molecular flexibility index (Phi) is 5.50. The largest absolute Gasteiger partial charge is 0.369 e. The standard InChI is InChI=1S/C18H31N3O2/c1-13(20-10-7-15(8-11-20)18(2,3)4)17(23)21-9-5-6-14(12-21)16(19)22/h7,13-14H,5-6,8-12H2,1-4H3,(H2,19,22)/t13-,14+/m0/s1. The lowest BCUT2D eigenvalue weighted by molar-refractivity contribution is -0.139. The van der Waals surface area contributed by atoms with Crippen LogP contribution in [0.2, 0.25) is 0 Å². The van der Waals surface area contributed by atoms with Crippen LogP contribution in [-0.2, 0) is 9.59 Å². The summed E-state index contributed by atoms with van der Waals surface area (Å²) in [4.78, 5) is 28.2. The maximum absolute atomic E-state index is 12.8. The Hall–Kier alpha value is -1.36. The van der Waals surface area contributed by atoms with Gasteiger partial charge in [-0.1, -0.05) is 32.4 Å². The molecule has 130 valence electrons. The molecule has 0 saturated carbocycles. The average molecular weight is 321 g/mol. The summed E-state index contributed by atoms with van der Waals surface area (Å²) in [6.45, 7) is 11.7. The lowest BCUT2D eigenvalue weighted by atomic mass is 9.83. The lowest BCUT2D eigenvalue weighted by Crippen LogP contribution is -2.52. The van der Waals surface area contributed by atoms with Gasteiger partial charge in [-0.2, -0.15) is 0 Å². The van der Waals surface area contributed by atoms with Gasteiger partial charge in [0.2, 0.25) is 11.8 Å². The number of carbonyl (C=O) groups excluding carboxylic acids is 2. The lowest BCUT2D eigenvalue weighted by Gasteiger charge is -2.38. The minimum atomic E-state index is -0.286. The summed E-state index contributed by atoms with van der Waals surface area (Å²) in [6.07, 6.45) is 4.95. The van der Waals surface area contributed by atoms with Crippen LogP contribution in [0.15, 0.2) is 11.6 Å². The van der Waals surface area contributed by atoms with E-state index in [1.54, 1.807) is 0 Å². The van der Waals surface area contributed by atoms with Crippen LogP contribution in [0.5, 0.6) is 0 Å². The molecule has 0 aromatic rings. The number of piperidine rings is 1. The zero-order valence-corrected chi connectivity index (χ0v) is 15.0. The Balaban J connectivity index is 1.95. The van der Waals surface area contributed by atoms with E-state index in [1.807, 2.05) is 11.8 Å². The predicted octanol–water partition coefficient (Wildman–Crippen LogP) is 1.78. The van der Waals surface area contributed by atoms with Gasteiger partial charge in [0, 0.05) is 26.2 Å². The fourth-order valence-corrected chi connectivity index (χ4v) is 3.55. The SMILES string of the molecule is C[C@@H](C(=O)N1CCC[C@@H](C(N)=O)C1)N1CC=C(C(C)(C)C)CC1. The number of primary amides is 1. The molecule has 2 heterocycles. The number of likely N-dealkylation sites (tertiary alicyclic amines) is 1. The molecular weight excluding hydrogens is 290 g/mol. The second kappa shape index (κ2) is 7.04. The summed E-state index contributed by atoms with van der Waals surface area (Å²) < 4.78 is 0. The molecule has 0 aromatic heterocycles. The summed E-state index contributed by atoms with van der Waals surface area (Å²) in [5.74, 6) is -0.344. The Morgan fingerprint density at radius 1 is 1.30 bits per heavy atom. The highest BCUT2D eigenvalue weighted by Crippen LogP contribution is 2.30. The van der Waals surface area contributed by atoms with Crippen LogP contribution in [0, 0.1) is 11.3 Å². The molecule has 2 amide bonds. The number of nitrogens with zero attached hydrogens (tertiary/aromatic N) is 2. The molecule has 2 N–H and O–H groups in total. The molecule has 0 aliphatic carbocycles. The van der Waals surface area contributed by atoms with Crippen LogP contribution < -0.4 is 5.73 Å². The quantitative estimate of drug-likeness (QED) is 0.806. The van der Waals surface area contributed by atoms with Crippen molar-refractivity contribution in [2.75, 3.05) is 26.2 Å². The van der Waals surface area contributed by atoms with Gasteiger partial charge in [-0.3, -0.25) is 14.5 Å². The molecule has 0 unspecified atom stereocenters. The van der Waals surface area contributed by atoms with Crippen molar-refractivity contribution < 1.29 is 9.59 Å². The van der Waals surface area contributed by atoms with Gasteiger partial charge in [-0.25, -0.2) is 0 Å². The zero-order chi connectivity index (χ0) is 17.2.